The van der Waals surface area contributed by atoms with Gasteiger partial charge in [-0.15, -0.1) is 0 Å². The van der Waals surface area contributed by atoms with E-state index in [1.807, 2.05) is 0 Å². The minimum absolute atomic E-state index is 0.101. The third-order valence-electron chi connectivity index (χ3n) is 11.3. The zero-order valence-corrected chi connectivity index (χ0v) is 21.1. The van der Waals surface area contributed by atoms with Crippen molar-refractivity contribution < 1.29 is 10.2 Å². The van der Waals surface area contributed by atoms with Gasteiger partial charge in [-0.3, -0.25) is 0 Å². The third-order valence-corrected chi connectivity index (χ3v) is 11.3. The van der Waals surface area contributed by atoms with Crippen LogP contribution in [0.4, 0.5) is 0 Å². The molecule has 31 heavy (non-hydrogen) atoms. The average molecular weight is 431 g/mol. The van der Waals surface area contributed by atoms with Gasteiger partial charge in [0.05, 0.1) is 11.7 Å². The predicted octanol–water partition coefficient (Wildman–Crippen LogP) is 7.28. The predicted molar refractivity (Wildman–Crippen MR) is 130 cm³/mol. The molecule has 0 aliphatic heterocycles. The lowest BCUT2D eigenvalue weighted by atomic mass is 9.47. The fraction of sp³-hybridized carbons (Fsp3) is 0.931. The highest BCUT2D eigenvalue weighted by atomic mass is 16.3. The molecule has 3 saturated carbocycles. The zero-order chi connectivity index (χ0) is 22.4. The topological polar surface area (TPSA) is 40.5 Å². The third kappa shape index (κ3) is 4.07. The molecule has 9 atom stereocenters. The van der Waals surface area contributed by atoms with E-state index in [2.05, 4.69) is 40.7 Å². The molecule has 4 aliphatic carbocycles. The Morgan fingerprint density at radius 1 is 1.06 bits per heavy atom. The molecule has 3 fully saturated rings. The second-order valence-corrected chi connectivity index (χ2v) is 12.7. The first-order valence-electron chi connectivity index (χ1n) is 13.8. The molecule has 0 aromatic rings. The van der Waals surface area contributed by atoms with Gasteiger partial charge in [0.15, 0.2) is 0 Å². The van der Waals surface area contributed by atoms with Gasteiger partial charge in [0.1, 0.15) is 0 Å². The molecule has 4 rings (SSSR count). The number of aliphatic hydroxyl groups is 2. The molecule has 178 valence electrons. The molecule has 2 heteroatoms. The van der Waals surface area contributed by atoms with E-state index in [0.717, 1.165) is 68.1 Å². The van der Waals surface area contributed by atoms with Crippen molar-refractivity contribution in [1.82, 2.24) is 0 Å². The Labute approximate surface area is 192 Å². The van der Waals surface area contributed by atoms with Crippen molar-refractivity contribution in [2.24, 2.45) is 40.4 Å². The summed E-state index contributed by atoms with van der Waals surface area (Å²) in [6.07, 6.45) is 17.5. The van der Waals surface area contributed by atoms with Crippen LogP contribution in [0, 0.1) is 40.4 Å². The second kappa shape index (κ2) is 8.79. The van der Waals surface area contributed by atoms with Crippen LogP contribution in [0.3, 0.4) is 0 Å². The van der Waals surface area contributed by atoms with Gasteiger partial charge < -0.3 is 10.2 Å². The molecule has 1 unspecified atom stereocenters. The van der Waals surface area contributed by atoms with Crippen LogP contribution < -0.4 is 0 Å². The molecule has 2 N–H and O–H groups in total. The summed E-state index contributed by atoms with van der Waals surface area (Å²) in [5.74, 6) is 4.11. The number of rotatable bonds is 7. The zero-order valence-electron chi connectivity index (χ0n) is 21.1. The molecule has 0 spiro atoms. The number of hydrogen-bond donors (Lipinski definition) is 2. The van der Waals surface area contributed by atoms with E-state index in [9.17, 15) is 10.2 Å². The van der Waals surface area contributed by atoms with Crippen molar-refractivity contribution in [3.63, 3.8) is 0 Å². The van der Waals surface area contributed by atoms with Gasteiger partial charge >= 0.3 is 0 Å². The van der Waals surface area contributed by atoms with Crippen molar-refractivity contribution in [2.75, 3.05) is 0 Å². The molecule has 2 nitrogen and oxygen atoms in total. The largest absolute Gasteiger partial charge is 0.393 e. The summed E-state index contributed by atoms with van der Waals surface area (Å²) < 4.78 is 0. The van der Waals surface area contributed by atoms with Gasteiger partial charge in [-0.1, -0.05) is 52.7 Å². The van der Waals surface area contributed by atoms with Crippen molar-refractivity contribution in [1.29, 1.82) is 0 Å². The van der Waals surface area contributed by atoms with E-state index in [4.69, 9.17) is 0 Å². The normalized spacial score (nSPS) is 45.1. The first kappa shape index (κ1) is 23.8. The lowest BCUT2D eigenvalue weighted by Crippen LogP contribution is -2.50. The first-order chi connectivity index (χ1) is 14.7. The van der Waals surface area contributed by atoms with Gasteiger partial charge in [-0.05, 0) is 117 Å². The lowest BCUT2D eigenvalue weighted by molar-refractivity contribution is -0.0595. The highest BCUT2D eigenvalue weighted by Gasteiger charge is 2.59. The molecule has 0 saturated heterocycles. The summed E-state index contributed by atoms with van der Waals surface area (Å²) in [5, 5.41) is 21.2. The maximum atomic E-state index is 11.0. The van der Waals surface area contributed by atoms with Crippen molar-refractivity contribution >= 4 is 0 Å². The summed E-state index contributed by atoms with van der Waals surface area (Å²) in [6, 6.07) is 0. The Morgan fingerprint density at radius 2 is 1.84 bits per heavy atom. The first-order valence-corrected chi connectivity index (χ1v) is 13.8. The molecule has 4 aliphatic rings. The lowest BCUT2D eigenvalue weighted by Gasteiger charge is -2.58. The standard InChI is InChI=1S/C29H50O2/c1-6-15-29(31,7-2)18-12-20(3)24-10-11-25-23-9-8-21-19-22(30)13-16-27(21,4)26(23)14-17-28(24,25)5/h8,20,22-26,30-31H,6-7,9-19H2,1-5H3/t20-,22+,23+,24-,25+,26+,27+,28-,29?/m1/s1. The van der Waals surface area contributed by atoms with Crippen LogP contribution in [-0.4, -0.2) is 21.9 Å². The fourth-order valence-electron chi connectivity index (χ4n) is 9.26. The van der Waals surface area contributed by atoms with Crippen LogP contribution >= 0.6 is 0 Å². The maximum Gasteiger partial charge on any atom is 0.0645 e. The van der Waals surface area contributed by atoms with Crippen LogP contribution in [-0.2, 0) is 0 Å². The monoisotopic (exact) mass is 430 g/mol. The smallest absolute Gasteiger partial charge is 0.0645 e. The van der Waals surface area contributed by atoms with Crippen molar-refractivity contribution in [3.8, 4) is 0 Å². The highest BCUT2D eigenvalue weighted by molar-refractivity contribution is 5.25. The van der Waals surface area contributed by atoms with Crippen LogP contribution in [0.5, 0.6) is 0 Å². The molecular weight excluding hydrogens is 380 g/mol. The Hall–Kier alpha value is -0.340. The molecular formula is C29H50O2. The summed E-state index contributed by atoms with van der Waals surface area (Å²) in [4.78, 5) is 0. The van der Waals surface area contributed by atoms with Crippen LogP contribution in [0.15, 0.2) is 11.6 Å². The van der Waals surface area contributed by atoms with E-state index in [1.165, 1.54) is 44.9 Å². The SMILES string of the molecule is CCCC(O)(CC)CC[C@@H](C)[C@H]1CC[C@H]2[C@@H]3CC=C4C[C@@H](O)CC[C@]4(C)[C@H]3CC[C@]12C. The quantitative estimate of drug-likeness (QED) is 0.416. The van der Waals surface area contributed by atoms with Gasteiger partial charge in [0, 0.05) is 0 Å². The molecule has 0 aromatic heterocycles. The van der Waals surface area contributed by atoms with Crippen LogP contribution in [0.2, 0.25) is 0 Å². The number of aliphatic hydroxyl groups excluding tert-OH is 1. The average Bonchev–Trinajstić information content (AvgIpc) is 3.10. The van der Waals surface area contributed by atoms with Gasteiger partial charge in [-0.25, -0.2) is 0 Å². The van der Waals surface area contributed by atoms with Crippen molar-refractivity contribution in [3.05, 3.63) is 11.6 Å². The fourth-order valence-corrected chi connectivity index (χ4v) is 9.26. The molecule has 0 aromatic carbocycles. The van der Waals surface area contributed by atoms with E-state index in [-0.39, 0.29) is 6.10 Å². The number of hydrogen-bond acceptors (Lipinski definition) is 2. The van der Waals surface area contributed by atoms with E-state index >= 15 is 0 Å². The van der Waals surface area contributed by atoms with Gasteiger partial charge in [0.25, 0.3) is 0 Å². The van der Waals surface area contributed by atoms with Crippen molar-refractivity contribution in [2.45, 2.75) is 130 Å². The van der Waals surface area contributed by atoms with E-state index in [0.29, 0.717) is 10.8 Å². The minimum Gasteiger partial charge on any atom is -0.393 e. The number of fused-ring (bicyclic) bond motifs is 5. The molecule has 0 amide bonds. The second-order valence-electron chi connectivity index (χ2n) is 12.7. The van der Waals surface area contributed by atoms with Gasteiger partial charge in [0.2, 0.25) is 0 Å². The molecule has 0 bridgehead atoms. The summed E-state index contributed by atoms with van der Waals surface area (Å²) in [7, 11) is 0. The van der Waals surface area contributed by atoms with E-state index in [1.54, 1.807) is 5.57 Å². The van der Waals surface area contributed by atoms with Crippen LogP contribution in [0.1, 0.15) is 118 Å². The Morgan fingerprint density at radius 3 is 2.55 bits per heavy atom. The number of allylic oxidation sites excluding steroid dienone is 1. The Bertz CT molecular complexity index is 670. The summed E-state index contributed by atoms with van der Waals surface area (Å²) in [5.41, 5.74) is 2.00. The van der Waals surface area contributed by atoms with E-state index < -0.39 is 5.60 Å². The summed E-state index contributed by atoms with van der Waals surface area (Å²) >= 11 is 0. The maximum absolute atomic E-state index is 11.0. The van der Waals surface area contributed by atoms with Gasteiger partial charge in [-0.2, -0.15) is 0 Å². The minimum atomic E-state index is -0.440. The molecule has 0 radical (unpaired) electrons. The summed E-state index contributed by atoms with van der Waals surface area (Å²) in [6.45, 7) is 12.0. The molecule has 0 heterocycles. The highest BCUT2D eigenvalue weighted by Crippen LogP contribution is 2.67. The Kier molecular flexibility index (Phi) is 6.75. The van der Waals surface area contributed by atoms with Crippen LogP contribution in [0.25, 0.3) is 0 Å². The Balaban J connectivity index is 1.47.